The van der Waals surface area contributed by atoms with Crippen LogP contribution in [0.4, 0.5) is 13.2 Å². The van der Waals surface area contributed by atoms with Crippen LogP contribution in [0.5, 0.6) is 0 Å². The highest BCUT2D eigenvalue weighted by Crippen LogP contribution is 2.23. The summed E-state index contributed by atoms with van der Waals surface area (Å²) < 4.78 is 38.4. The first-order chi connectivity index (χ1) is 7.49. The molecule has 0 amide bonds. The number of halogens is 3. The summed E-state index contributed by atoms with van der Waals surface area (Å²) >= 11 is 0. The number of nitrogens with one attached hydrogen (secondary N) is 1. The van der Waals surface area contributed by atoms with Crippen LogP contribution in [0.25, 0.3) is 0 Å². The van der Waals surface area contributed by atoms with Gasteiger partial charge in [0, 0.05) is 13.1 Å². The Labute approximate surface area is 93.0 Å². The molecule has 0 heterocycles. The highest BCUT2D eigenvalue weighted by molar-refractivity contribution is 4.75. The van der Waals surface area contributed by atoms with Gasteiger partial charge < -0.3 is 10.4 Å². The molecule has 0 spiro atoms. The average Bonchev–Trinajstić information content (AvgIpc) is 2.18. The first-order valence-electron chi connectivity index (χ1n) is 5.58. The van der Waals surface area contributed by atoms with E-state index in [4.69, 9.17) is 0 Å². The second-order valence-electron chi connectivity index (χ2n) is 4.11. The van der Waals surface area contributed by atoms with Crippen LogP contribution in [0.2, 0.25) is 0 Å². The monoisotopic (exact) mass is 241 g/mol. The van der Waals surface area contributed by atoms with Crippen molar-refractivity contribution >= 4 is 0 Å². The summed E-state index contributed by atoms with van der Waals surface area (Å²) in [5.41, 5.74) is 0. The molecule has 2 atom stereocenters. The summed E-state index contributed by atoms with van der Waals surface area (Å²) in [6.45, 7) is 0.331. The standard InChI is InChI=1S/C10H18F3NO2/c11-10(12,13)16-6-5-14-7-8-3-1-2-4-9(8)15/h8-9,14-15H,1-7H2. The van der Waals surface area contributed by atoms with Crippen molar-refractivity contribution in [3.05, 3.63) is 0 Å². The molecule has 1 aliphatic rings. The van der Waals surface area contributed by atoms with Gasteiger partial charge in [-0.3, -0.25) is 4.74 Å². The molecule has 2 unspecified atom stereocenters. The fourth-order valence-corrected chi connectivity index (χ4v) is 1.95. The molecule has 96 valence electrons. The van der Waals surface area contributed by atoms with Gasteiger partial charge >= 0.3 is 6.36 Å². The maximum Gasteiger partial charge on any atom is 0.522 e. The summed E-state index contributed by atoms with van der Waals surface area (Å²) in [6.07, 6.45) is -1.01. The van der Waals surface area contributed by atoms with E-state index >= 15 is 0 Å². The summed E-state index contributed by atoms with van der Waals surface area (Å²) in [4.78, 5) is 0. The second kappa shape index (κ2) is 6.42. The summed E-state index contributed by atoms with van der Waals surface area (Å²) in [5.74, 6) is 0.166. The molecule has 6 heteroatoms. The van der Waals surface area contributed by atoms with E-state index in [1.54, 1.807) is 0 Å². The molecular formula is C10H18F3NO2. The van der Waals surface area contributed by atoms with Gasteiger partial charge in [-0.25, -0.2) is 0 Å². The highest BCUT2D eigenvalue weighted by Gasteiger charge is 2.28. The van der Waals surface area contributed by atoms with Crippen molar-refractivity contribution in [2.24, 2.45) is 5.92 Å². The van der Waals surface area contributed by atoms with Crippen molar-refractivity contribution < 1.29 is 23.0 Å². The summed E-state index contributed by atoms with van der Waals surface area (Å²) in [5, 5.41) is 12.5. The summed E-state index contributed by atoms with van der Waals surface area (Å²) in [7, 11) is 0. The fraction of sp³-hybridized carbons (Fsp3) is 1.00. The van der Waals surface area contributed by atoms with E-state index in [2.05, 4.69) is 10.1 Å². The van der Waals surface area contributed by atoms with Gasteiger partial charge in [-0.05, 0) is 18.8 Å². The zero-order valence-corrected chi connectivity index (χ0v) is 9.09. The number of hydrogen-bond acceptors (Lipinski definition) is 3. The Hall–Kier alpha value is -0.330. The molecule has 1 rings (SSSR count). The van der Waals surface area contributed by atoms with E-state index in [0.717, 1.165) is 25.7 Å². The lowest BCUT2D eigenvalue weighted by Crippen LogP contribution is -2.35. The van der Waals surface area contributed by atoms with E-state index in [1.807, 2.05) is 0 Å². The van der Waals surface area contributed by atoms with Gasteiger partial charge in [-0.2, -0.15) is 0 Å². The van der Waals surface area contributed by atoms with Gasteiger partial charge in [0.25, 0.3) is 0 Å². The van der Waals surface area contributed by atoms with Gasteiger partial charge in [0.05, 0.1) is 12.7 Å². The number of rotatable bonds is 5. The van der Waals surface area contributed by atoms with Crippen molar-refractivity contribution in [3.63, 3.8) is 0 Å². The molecule has 0 aromatic rings. The Bertz CT molecular complexity index is 199. The molecule has 1 fully saturated rings. The van der Waals surface area contributed by atoms with E-state index in [9.17, 15) is 18.3 Å². The zero-order chi connectivity index (χ0) is 12.0. The molecule has 0 bridgehead atoms. The van der Waals surface area contributed by atoms with Crippen LogP contribution in [0.15, 0.2) is 0 Å². The van der Waals surface area contributed by atoms with E-state index < -0.39 is 6.36 Å². The smallest absolute Gasteiger partial charge is 0.393 e. The van der Waals surface area contributed by atoms with Gasteiger partial charge in [0.15, 0.2) is 0 Å². The SMILES string of the molecule is OC1CCCCC1CNCCOC(F)(F)F. The molecule has 0 aromatic heterocycles. The third kappa shape index (κ3) is 5.67. The Morgan fingerprint density at radius 3 is 2.56 bits per heavy atom. The van der Waals surface area contributed by atoms with Crippen LogP contribution in [0, 0.1) is 5.92 Å². The predicted octanol–water partition coefficient (Wildman–Crippen LogP) is 1.66. The second-order valence-corrected chi connectivity index (χ2v) is 4.11. The van der Waals surface area contributed by atoms with Crippen LogP contribution >= 0.6 is 0 Å². The van der Waals surface area contributed by atoms with Crippen LogP contribution in [0.3, 0.4) is 0 Å². The lowest BCUT2D eigenvalue weighted by atomic mass is 9.86. The first-order valence-corrected chi connectivity index (χ1v) is 5.58. The third-order valence-electron chi connectivity index (χ3n) is 2.82. The molecule has 3 nitrogen and oxygen atoms in total. The van der Waals surface area contributed by atoms with E-state index in [-0.39, 0.29) is 25.2 Å². The Morgan fingerprint density at radius 2 is 1.94 bits per heavy atom. The quantitative estimate of drug-likeness (QED) is 0.719. The topological polar surface area (TPSA) is 41.5 Å². The Morgan fingerprint density at radius 1 is 1.25 bits per heavy atom. The lowest BCUT2D eigenvalue weighted by molar-refractivity contribution is -0.323. The minimum atomic E-state index is -4.55. The van der Waals surface area contributed by atoms with Gasteiger partial charge in [0.2, 0.25) is 0 Å². The lowest BCUT2D eigenvalue weighted by Gasteiger charge is -2.27. The number of aliphatic hydroxyl groups is 1. The Kier molecular flexibility index (Phi) is 5.51. The van der Waals surface area contributed by atoms with Gasteiger partial charge in [0.1, 0.15) is 0 Å². The molecule has 0 aliphatic heterocycles. The molecule has 2 N–H and O–H groups in total. The highest BCUT2D eigenvalue weighted by atomic mass is 19.4. The van der Waals surface area contributed by atoms with Crippen LogP contribution in [-0.2, 0) is 4.74 Å². The summed E-state index contributed by atoms with van der Waals surface area (Å²) in [6, 6.07) is 0. The predicted molar refractivity (Wildman–Crippen MR) is 52.8 cm³/mol. The molecular weight excluding hydrogens is 223 g/mol. The maximum absolute atomic E-state index is 11.6. The van der Waals surface area contributed by atoms with Crippen molar-refractivity contribution in [2.45, 2.75) is 38.1 Å². The fourth-order valence-electron chi connectivity index (χ4n) is 1.95. The largest absolute Gasteiger partial charge is 0.522 e. The minimum absolute atomic E-state index is 0.155. The van der Waals surface area contributed by atoms with Crippen LogP contribution in [0.1, 0.15) is 25.7 Å². The van der Waals surface area contributed by atoms with Gasteiger partial charge in [-0.15, -0.1) is 13.2 Å². The molecule has 1 saturated carbocycles. The normalized spacial score (nSPS) is 27.0. The molecule has 0 radical (unpaired) electrons. The number of hydrogen-bond donors (Lipinski definition) is 2. The first kappa shape index (κ1) is 13.7. The van der Waals surface area contributed by atoms with Crippen LogP contribution < -0.4 is 5.32 Å². The van der Waals surface area contributed by atoms with E-state index in [1.165, 1.54) is 0 Å². The molecule has 1 aliphatic carbocycles. The maximum atomic E-state index is 11.6. The van der Waals surface area contributed by atoms with Crippen molar-refractivity contribution in [3.8, 4) is 0 Å². The van der Waals surface area contributed by atoms with Crippen LogP contribution in [-0.4, -0.2) is 37.3 Å². The molecule has 16 heavy (non-hydrogen) atoms. The Balaban J connectivity index is 2.02. The van der Waals surface area contributed by atoms with Crippen molar-refractivity contribution in [1.82, 2.24) is 5.32 Å². The zero-order valence-electron chi connectivity index (χ0n) is 9.09. The van der Waals surface area contributed by atoms with Crippen molar-refractivity contribution in [2.75, 3.05) is 19.7 Å². The minimum Gasteiger partial charge on any atom is -0.393 e. The third-order valence-corrected chi connectivity index (χ3v) is 2.82. The molecule has 0 saturated heterocycles. The number of ether oxygens (including phenoxy) is 1. The number of aliphatic hydroxyl groups excluding tert-OH is 1. The van der Waals surface area contributed by atoms with Crippen molar-refractivity contribution in [1.29, 1.82) is 0 Å². The molecule has 0 aromatic carbocycles. The van der Waals surface area contributed by atoms with Gasteiger partial charge in [-0.1, -0.05) is 12.8 Å². The number of alkyl halides is 3. The average molecular weight is 241 g/mol. The van der Waals surface area contributed by atoms with E-state index in [0.29, 0.717) is 6.54 Å².